The van der Waals surface area contributed by atoms with E-state index in [1.54, 1.807) is 25.4 Å². The SMILES string of the molecule is CCC(NC(=O)c1ccc(C)[nH]c1=O)c1ncc[nH]1. The monoisotopic (exact) mass is 260 g/mol. The molecular weight excluding hydrogens is 244 g/mol. The summed E-state index contributed by atoms with van der Waals surface area (Å²) < 4.78 is 0. The molecule has 19 heavy (non-hydrogen) atoms. The van der Waals surface area contributed by atoms with E-state index >= 15 is 0 Å². The topological polar surface area (TPSA) is 90.6 Å². The van der Waals surface area contributed by atoms with Crippen molar-refractivity contribution in [2.75, 3.05) is 0 Å². The highest BCUT2D eigenvalue weighted by molar-refractivity contribution is 5.94. The van der Waals surface area contributed by atoms with Gasteiger partial charge in [-0.3, -0.25) is 9.59 Å². The third-order valence-corrected chi connectivity index (χ3v) is 2.86. The summed E-state index contributed by atoms with van der Waals surface area (Å²) >= 11 is 0. The molecule has 0 aliphatic rings. The zero-order valence-corrected chi connectivity index (χ0v) is 10.9. The summed E-state index contributed by atoms with van der Waals surface area (Å²) in [7, 11) is 0. The van der Waals surface area contributed by atoms with Crippen molar-refractivity contribution in [3.8, 4) is 0 Å². The van der Waals surface area contributed by atoms with E-state index in [-0.39, 0.29) is 17.2 Å². The number of aryl methyl sites for hydroxylation is 1. The molecule has 2 aromatic rings. The van der Waals surface area contributed by atoms with Crippen molar-refractivity contribution >= 4 is 5.91 Å². The predicted octanol–water partition coefficient (Wildman–Crippen LogP) is 1.29. The standard InChI is InChI=1S/C13H16N4O2/c1-3-10(11-14-6-7-15-11)17-13(19)9-5-4-8(2)16-12(9)18/h4-7,10H,3H2,1-2H3,(H,14,15)(H,16,18)(H,17,19). The molecule has 0 fully saturated rings. The van der Waals surface area contributed by atoms with Crippen molar-refractivity contribution < 1.29 is 4.79 Å². The fraction of sp³-hybridized carbons (Fsp3) is 0.308. The normalized spacial score (nSPS) is 12.1. The number of H-pyrrole nitrogens is 2. The van der Waals surface area contributed by atoms with Crippen molar-refractivity contribution in [2.24, 2.45) is 0 Å². The Kier molecular flexibility index (Phi) is 3.79. The van der Waals surface area contributed by atoms with E-state index in [0.717, 1.165) is 5.69 Å². The number of imidazole rings is 1. The lowest BCUT2D eigenvalue weighted by Crippen LogP contribution is -2.33. The Morgan fingerprint density at radius 3 is 2.84 bits per heavy atom. The third-order valence-electron chi connectivity index (χ3n) is 2.86. The van der Waals surface area contributed by atoms with Gasteiger partial charge >= 0.3 is 0 Å². The summed E-state index contributed by atoms with van der Waals surface area (Å²) in [5.41, 5.74) is 0.446. The molecule has 1 amide bonds. The second-order valence-corrected chi connectivity index (χ2v) is 4.29. The van der Waals surface area contributed by atoms with Gasteiger partial charge in [0.2, 0.25) is 0 Å². The highest BCUT2D eigenvalue weighted by atomic mass is 16.2. The Bertz CT molecular complexity index is 616. The Morgan fingerprint density at radius 2 is 2.26 bits per heavy atom. The van der Waals surface area contributed by atoms with Crippen LogP contribution in [0.2, 0.25) is 0 Å². The molecule has 0 aliphatic carbocycles. The number of nitrogens with one attached hydrogen (secondary N) is 3. The van der Waals surface area contributed by atoms with E-state index < -0.39 is 5.91 Å². The van der Waals surface area contributed by atoms with Gasteiger partial charge in [0, 0.05) is 18.1 Å². The molecule has 0 aromatic carbocycles. The second kappa shape index (κ2) is 5.51. The maximum atomic E-state index is 12.1. The summed E-state index contributed by atoms with van der Waals surface area (Å²) in [5.74, 6) is 0.281. The molecule has 6 heteroatoms. The maximum Gasteiger partial charge on any atom is 0.260 e. The lowest BCUT2D eigenvalue weighted by Gasteiger charge is -2.14. The summed E-state index contributed by atoms with van der Waals surface area (Å²) in [5, 5.41) is 2.79. The van der Waals surface area contributed by atoms with Crippen LogP contribution in [-0.2, 0) is 0 Å². The fourth-order valence-electron chi connectivity index (χ4n) is 1.82. The average Bonchev–Trinajstić information content (AvgIpc) is 2.89. The zero-order chi connectivity index (χ0) is 13.8. The molecule has 0 saturated carbocycles. The van der Waals surface area contributed by atoms with Crippen LogP contribution in [-0.4, -0.2) is 20.9 Å². The number of pyridine rings is 1. The number of rotatable bonds is 4. The van der Waals surface area contributed by atoms with Crippen LogP contribution < -0.4 is 10.9 Å². The van der Waals surface area contributed by atoms with Gasteiger partial charge in [-0.1, -0.05) is 6.92 Å². The lowest BCUT2D eigenvalue weighted by molar-refractivity contribution is 0.0932. The van der Waals surface area contributed by atoms with Gasteiger partial charge in [-0.15, -0.1) is 0 Å². The minimum Gasteiger partial charge on any atom is -0.347 e. The van der Waals surface area contributed by atoms with E-state index in [4.69, 9.17) is 0 Å². The van der Waals surface area contributed by atoms with Gasteiger partial charge in [-0.2, -0.15) is 0 Å². The van der Waals surface area contributed by atoms with Gasteiger partial charge in [-0.25, -0.2) is 4.98 Å². The van der Waals surface area contributed by atoms with E-state index in [9.17, 15) is 9.59 Å². The van der Waals surface area contributed by atoms with Crippen LogP contribution in [0.4, 0.5) is 0 Å². The van der Waals surface area contributed by atoms with Crippen LogP contribution in [0.25, 0.3) is 0 Å². The Hall–Kier alpha value is -2.37. The van der Waals surface area contributed by atoms with Crippen LogP contribution >= 0.6 is 0 Å². The highest BCUT2D eigenvalue weighted by Gasteiger charge is 2.17. The van der Waals surface area contributed by atoms with Gasteiger partial charge in [0.1, 0.15) is 11.4 Å². The first-order valence-electron chi connectivity index (χ1n) is 6.12. The molecule has 0 aliphatic heterocycles. The lowest BCUT2D eigenvalue weighted by atomic mass is 10.2. The zero-order valence-electron chi connectivity index (χ0n) is 10.9. The maximum absolute atomic E-state index is 12.1. The molecule has 1 atom stereocenters. The molecule has 0 spiro atoms. The molecule has 1 unspecified atom stereocenters. The average molecular weight is 260 g/mol. The molecule has 2 rings (SSSR count). The van der Waals surface area contributed by atoms with E-state index in [2.05, 4.69) is 20.3 Å². The number of hydrogen-bond donors (Lipinski definition) is 3. The van der Waals surface area contributed by atoms with Crippen LogP contribution in [0.15, 0.2) is 29.3 Å². The second-order valence-electron chi connectivity index (χ2n) is 4.29. The summed E-state index contributed by atoms with van der Waals surface area (Å²) in [6.45, 7) is 3.70. The van der Waals surface area contributed by atoms with Gasteiger partial charge in [0.05, 0.1) is 6.04 Å². The molecule has 6 nitrogen and oxygen atoms in total. The van der Waals surface area contributed by atoms with E-state index in [0.29, 0.717) is 12.2 Å². The first-order chi connectivity index (χ1) is 9.11. The predicted molar refractivity (Wildman–Crippen MR) is 70.9 cm³/mol. The van der Waals surface area contributed by atoms with Crippen LogP contribution in [0.1, 0.15) is 41.3 Å². The smallest absolute Gasteiger partial charge is 0.260 e. The largest absolute Gasteiger partial charge is 0.347 e. The molecule has 0 bridgehead atoms. The molecule has 0 saturated heterocycles. The quantitative estimate of drug-likeness (QED) is 0.773. The first-order valence-corrected chi connectivity index (χ1v) is 6.12. The van der Waals surface area contributed by atoms with Crippen molar-refractivity contribution in [2.45, 2.75) is 26.3 Å². The number of carbonyl (C=O) groups excluding carboxylic acids is 1. The molecule has 0 radical (unpaired) electrons. The van der Waals surface area contributed by atoms with Crippen LogP contribution in [0.5, 0.6) is 0 Å². The minimum atomic E-state index is -0.399. The number of aromatic amines is 2. The molecule has 2 aromatic heterocycles. The first kappa shape index (κ1) is 13.1. The molecule has 2 heterocycles. The minimum absolute atomic E-state index is 0.107. The fourth-order valence-corrected chi connectivity index (χ4v) is 1.82. The summed E-state index contributed by atoms with van der Waals surface area (Å²) in [6, 6.07) is 2.99. The molecule has 3 N–H and O–H groups in total. The number of amides is 1. The Balaban J connectivity index is 2.18. The van der Waals surface area contributed by atoms with Crippen molar-refractivity contribution in [1.82, 2.24) is 20.3 Å². The summed E-state index contributed by atoms with van der Waals surface area (Å²) in [6.07, 6.45) is 4.01. The molecule has 100 valence electrons. The van der Waals surface area contributed by atoms with E-state index in [1.807, 2.05) is 6.92 Å². The van der Waals surface area contributed by atoms with Gasteiger partial charge < -0.3 is 15.3 Å². The number of nitrogens with zero attached hydrogens (tertiary/aromatic N) is 1. The number of hydrogen-bond acceptors (Lipinski definition) is 3. The van der Waals surface area contributed by atoms with Gasteiger partial charge in [0.15, 0.2) is 0 Å². The van der Waals surface area contributed by atoms with Crippen molar-refractivity contribution in [3.05, 3.63) is 52.0 Å². The van der Waals surface area contributed by atoms with Crippen LogP contribution in [0, 0.1) is 6.92 Å². The summed E-state index contributed by atoms with van der Waals surface area (Å²) in [4.78, 5) is 33.4. The Labute approximate surface area is 110 Å². The van der Waals surface area contributed by atoms with Crippen LogP contribution in [0.3, 0.4) is 0 Å². The Morgan fingerprint density at radius 1 is 1.47 bits per heavy atom. The van der Waals surface area contributed by atoms with Crippen molar-refractivity contribution in [3.63, 3.8) is 0 Å². The van der Waals surface area contributed by atoms with Gasteiger partial charge in [-0.05, 0) is 25.5 Å². The number of carbonyl (C=O) groups is 1. The van der Waals surface area contributed by atoms with E-state index in [1.165, 1.54) is 6.07 Å². The van der Waals surface area contributed by atoms with Crippen molar-refractivity contribution in [1.29, 1.82) is 0 Å². The van der Waals surface area contributed by atoms with Gasteiger partial charge in [0.25, 0.3) is 11.5 Å². The number of aromatic nitrogens is 3. The highest BCUT2D eigenvalue weighted by Crippen LogP contribution is 2.11. The third kappa shape index (κ3) is 2.90. The molecular formula is C13H16N4O2.